The van der Waals surface area contributed by atoms with Gasteiger partial charge in [-0.15, -0.1) is 0 Å². The summed E-state index contributed by atoms with van der Waals surface area (Å²) in [5, 5.41) is 8.77. The second-order valence-corrected chi connectivity index (χ2v) is 4.85. The van der Waals surface area contributed by atoms with Gasteiger partial charge in [0.15, 0.2) is 0 Å². The number of rotatable bonds is 2. The molecule has 1 heterocycles. The summed E-state index contributed by atoms with van der Waals surface area (Å²) >= 11 is 0. The van der Waals surface area contributed by atoms with E-state index >= 15 is 0 Å². The number of hydrogen-bond donors (Lipinski definition) is 1. The maximum absolute atomic E-state index is 13.9. The van der Waals surface area contributed by atoms with Gasteiger partial charge in [-0.1, -0.05) is 19.3 Å². The van der Waals surface area contributed by atoms with Crippen molar-refractivity contribution >= 4 is 11.7 Å². The van der Waals surface area contributed by atoms with E-state index in [0.29, 0.717) is 13.1 Å². The SMILES string of the molecule is O=C(O)c1cc(F)c(N2CCCCCCC2)c(F)c1. The van der Waals surface area contributed by atoms with Crippen molar-refractivity contribution in [2.45, 2.75) is 32.1 Å². The molecule has 1 aromatic carbocycles. The van der Waals surface area contributed by atoms with Gasteiger partial charge in [0.05, 0.1) is 5.56 Å². The quantitative estimate of drug-likeness (QED) is 0.894. The van der Waals surface area contributed by atoms with Gasteiger partial charge in [0.1, 0.15) is 17.3 Å². The van der Waals surface area contributed by atoms with E-state index in [1.807, 2.05) is 0 Å². The van der Waals surface area contributed by atoms with Gasteiger partial charge in [-0.25, -0.2) is 13.6 Å². The molecule has 0 saturated carbocycles. The zero-order valence-corrected chi connectivity index (χ0v) is 10.7. The van der Waals surface area contributed by atoms with Gasteiger partial charge in [-0.05, 0) is 25.0 Å². The number of carbonyl (C=O) groups is 1. The van der Waals surface area contributed by atoms with Crippen molar-refractivity contribution in [2.24, 2.45) is 0 Å². The molecule has 1 N–H and O–H groups in total. The van der Waals surface area contributed by atoms with Gasteiger partial charge in [0, 0.05) is 13.1 Å². The third kappa shape index (κ3) is 3.22. The molecule has 0 unspecified atom stereocenters. The summed E-state index contributed by atoms with van der Waals surface area (Å²) < 4.78 is 27.9. The molecule has 5 heteroatoms. The Morgan fingerprint density at radius 3 is 1.95 bits per heavy atom. The van der Waals surface area contributed by atoms with E-state index in [-0.39, 0.29) is 11.3 Å². The molecule has 19 heavy (non-hydrogen) atoms. The lowest BCUT2D eigenvalue weighted by Gasteiger charge is -2.27. The Bertz CT molecular complexity index is 446. The van der Waals surface area contributed by atoms with E-state index in [0.717, 1.165) is 44.2 Å². The Morgan fingerprint density at radius 2 is 1.47 bits per heavy atom. The molecule has 3 nitrogen and oxygen atoms in total. The van der Waals surface area contributed by atoms with Crippen molar-refractivity contribution < 1.29 is 18.7 Å². The molecular formula is C14H17F2NO2. The molecule has 0 aromatic heterocycles. The van der Waals surface area contributed by atoms with E-state index < -0.39 is 17.6 Å². The van der Waals surface area contributed by atoms with Crippen LogP contribution in [-0.2, 0) is 0 Å². The lowest BCUT2D eigenvalue weighted by Crippen LogP contribution is -2.29. The number of carboxylic acid groups (broad SMARTS) is 1. The summed E-state index contributed by atoms with van der Waals surface area (Å²) in [5.41, 5.74) is -0.447. The van der Waals surface area contributed by atoms with Crippen LogP contribution in [-0.4, -0.2) is 24.2 Å². The van der Waals surface area contributed by atoms with Crippen molar-refractivity contribution in [3.8, 4) is 0 Å². The monoisotopic (exact) mass is 269 g/mol. The van der Waals surface area contributed by atoms with Crippen LogP contribution in [0, 0.1) is 11.6 Å². The van der Waals surface area contributed by atoms with Crippen LogP contribution in [0.1, 0.15) is 42.5 Å². The molecule has 0 bridgehead atoms. The Balaban J connectivity index is 2.29. The maximum Gasteiger partial charge on any atom is 0.335 e. The molecule has 0 amide bonds. The van der Waals surface area contributed by atoms with E-state index in [2.05, 4.69) is 0 Å². The summed E-state index contributed by atoms with van der Waals surface area (Å²) in [5.74, 6) is -2.91. The number of carboxylic acids is 1. The Morgan fingerprint density at radius 1 is 1.00 bits per heavy atom. The van der Waals surface area contributed by atoms with Crippen molar-refractivity contribution in [3.05, 3.63) is 29.3 Å². The molecule has 0 aliphatic carbocycles. The maximum atomic E-state index is 13.9. The number of nitrogens with zero attached hydrogens (tertiary/aromatic N) is 1. The van der Waals surface area contributed by atoms with Crippen LogP contribution >= 0.6 is 0 Å². The van der Waals surface area contributed by atoms with Crippen molar-refractivity contribution in [3.63, 3.8) is 0 Å². The second kappa shape index (κ2) is 5.99. The van der Waals surface area contributed by atoms with Crippen LogP contribution in [0.5, 0.6) is 0 Å². The van der Waals surface area contributed by atoms with Gasteiger partial charge < -0.3 is 10.0 Å². The van der Waals surface area contributed by atoms with Crippen LogP contribution in [0.15, 0.2) is 12.1 Å². The second-order valence-electron chi connectivity index (χ2n) is 4.85. The van der Waals surface area contributed by atoms with Crippen LogP contribution < -0.4 is 4.90 Å². The average Bonchev–Trinajstić information content (AvgIpc) is 2.30. The number of benzene rings is 1. The third-order valence-electron chi connectivity index (χ3n) is 3.44. The molecule has 1 fully saturated rings. The molecule has 1 saturated heterocycles. The highest BCUT2D eigenvalue weighted by atomic mass is 19.1. The number of hydrogen-bond acceptors (Lipinski definition) is 2. The predicted molar refractivity (Wildman–Crippen MR) is 68.6 cm³/mol. The lowest BCUT2D eigenvalue weighted by molar-refractivity contribution is 0.0696. The Kier molecular flexibility index (Phi) is 4.35. The number of aromatic carboxylic acids is 1. The van der Waals surface area contributed by atoms with Crippen LogP contribution in [0.2, 0.25) is 0 Å². The first-order valence-corrected chi connectivity index (χ1v) is 6.57. The van der Waals surface area contributed by atoms with Gasteiger partial charge >= 0.3 is 5.97 Å². The fourth-order valence-corrected chi connectivity index (χ4v) is 2.46. The van der Waals surface area contributed by atoms with E-state index in [1.54, 1.807) is 4.90 Å². The molecule has 1 aromatic rings. The van der Waals surface area contributed by atoms with Crippen molar-refractivity contribution in [2.75, 3.05) is 18.0 Å². The van der Waals surface area contributed by atoms with Crippen molar-refractivity contribution in [1.82, 2.24) is 0 Å². The topological polar surface area (TPSA) is 40.5 Å². The lowest BCUT2D eigenvalue weighted by atomic mass is 10.1. The summed E-state index contributed by atoms with van der Waals surface area (Å²) in [6, 6.07) is 1.78. The minimum absolute atomic E-state index is 0.0908. The Labute approximate surface area is 110 Å². The first-order chi connectivity index (χ1) is 9.09. The summed E-state index contributed by atoms with van der Waals surface area (Å²) in [6.45, 7) is 1.22. The molecule has 2 rings (SSSR count). The highest BCUT2D eigenvalue weighted by molar-refractivity contribution is 5.88. The summed E-state index contributed by atoms with van der Waals surface area (Å²) in [6.07, 6.45) is 5.09. The highest BCUT2D eigenvalue weighted by Gasteiger charge is 2.20. The first kappa shape index (κ1) is 13.8. The minimum Gasteiger partial charge on any atom is -0.478 e. The molecule has 0 spiro atoms. The zero-order chi connectivity index (χ0) is 13.8. The van der Waals surface area contributed by atoms with Crippen molar-refractivity contribution in [1.29, 1.82) is 0 Å². The molecular weight excluding hydrogens is 252 g/mol. The Hall–Kier alpha value is -1.65. The largest absolute Gasteiger partial charge is 0.478 e. The number of halogens is 2. The normalized spacial score (nSPS) is 16.8. The minimum atomic E-state index is -1.32. The molecule has 104 valence electrons. The predicted octanol–water partition coefficient (Wildman–Crippen LogP) is 3.43. The molecule has 0 radical (unpaired) electrons. The zero-order valence-electron chi connectivity index (χ0n) is 10.7. The highest BCUT2D eigenvalue weighted by Crippen LogP contribution is 2.27. The first-order valence-electron chi connectivity index (χ1n) is 6.57. The van der Waals surface area contributed by atoms with Crippen LogP contribution in [0.3, 0.4) is 0 Å². The van der Waals surface area contributed by atoms with E-state index in [4.69, 9.17) is 5.11 Å². The molecule has 1 aliphatic rings. The van der Waals surface area contributed by atoms with Crippen LogP contribution in [0.25, 0.3) is 0 Å². The van der Waals surface area contributed by atoms with E-state index in [1.165, 1.54) is 0 Å². The third-order valence-corrected chi connectivity index (χ3v) is 3.44. The standard InChI is InChI=1S/C14H17F2NO2/c15-11-8-10(14(18)19)9-12(16)13(11)17-6-4-2-1-3-5-7-17/h8-9H,1-7H2,(H,18,19). The fourth-order valence-electron chi connectivity index (χ4n) is 2.46. The number of anilines is 1. The van der Waals surface area contributed by atoms with Gasteiger partial charge in [0.2, 0.25) is 0 Å². The smallest absolute Gasteiger partial charge is 0.335 e. The fraction of sp³-hybridized carbons (Fsp3) is 0.500. The summed E-state index contributed by atoms with van der Waals surface area (Å²) in [7, 11) is 0. The molecule has 0 atom stereocenters. The van der Waals surface area contributed by atoms with Crippen LogP contribution in [0.4, 0.5) is 14.5 Å². The van der Waals surface area contributed by atoms with Gasteiger partial charge in [-0.2, -0.15) is 0 Å². The van der Waals surface area contributed by atoms with Gasteiger partial charge in [0.25, 0.3) is 0 Å². The van der Waals surface area contributed by atoms with Gasteiger partial charge in [-0.3, -0.25) is 0 Å². The van der Waals surface area contributed by atoms with E-state index in [9.17, 15) is 13.6 Å². The average molecular weight is 269 g/mol. The summed E-state index contributed by atoms with van der Waals surface area (Å²) in [4.78, 5) is 12.4. The molecule has 1 aliphatic heterocycles.